The molecule has 0 bridgehead atoms. The van der Waals surface area contributed by atoms with Crippen LogP contribution in [0.2, 0.25) is 0 Å². The summed E-state index contributed by atoms with van der Waals surface area (Å²) in [5.74, 6) is -0.223. The summed E-state index contributed by atoms with van der Waals surface area (Å²) in [6, 6.07) is 10.9. The molecule has 0 saturated heterocycles. The highest BCUT2D eigenvalue weighted by atomic mass is 79.9. The second-order valence-corrected chi connectivity index (χ2v) is 5.57. The van der Waals surface area contributed by atoms with E-state index in [2.05, 4.69) is 26.2 Å². The van der Waals surface area contributed by atoms with Crippen LogP contribution in [0.5, 0.6) is 0 Å². The smallest absolute Gasteiger partial charge is 0.267 e. The highest BCUT2D eigenvalue weighted by Gasteiger charge is 2.27. The minimum Gasteiger partial charge on any atom is -0.383 e. The Morgan fingerprint density at radius 3 is 2.60 bits per heavy atom. The molecule has 1 atom stereocenters. The van der Waals surface area contributed by atoms with E-state index < -0.39 is 5.60 Å². The fraction of sp³-hybridized carbons (Fsp3) is 0.267. The van der Waals surface area contributed by atoms with Gasteiger partial charge in [0.1, 0.15) is 11.3 Å². The van der Waals surface area contributed by atoms with Gasteiger partial charge < -0.3 is 15.4 Å². The summed E-state index contributed by atoms with van der Waals surface area (Å²) in [5, 5.41) is 13.4. The largest absolute Gasteiger partial charge is 0.383 e. The number of halogens is 1. The molecule has 1 amide bonds. The standard InChI is InChI=1S/C15H17BrN2O2/c1-2-15(20,11-5-7-12(16)8-6-11)10-18-14(19)13-4-3-9-17-13/h3-9,17,20H,2,10H2,1H3,(H,18,19)/t15-/m0/s1. The number of benzene rings is 1. The van der Waals surface area contributed by atoms with Gasteiger partial charge in [0, 0.05) is 10.7 Å². The molecular weight excluding hydrogens is 320 g/mol. The molecule has 0 spiro atoms. The molecule has 0 saturated carbocycles. The maximum Gasteiger partial charge on any atom is 0.267 e. The fourth-order valence-electron chi connectivity index (χ4n) is 1.98. The Balaban J connectivity index is 2.08. The molecule has 3 N–H and O–H groups in total. The highest BCUT2D eigenvalue weighted by molar-refractivity contribution is 9.10. The molecule has 1 heterocycles. The first-order valence-corrected chi connectivity index (χ1v) is 7.24. The average molecular weight is 337 g/mol. The van der Waals surface area contributed by atoms with Gasteiger partial charge in [0.25, 0.3) is 5.91 Å². The van der Waals surface area contributed by atoms with Crippen LogP contribution in [0.15, 0.2) is 47.1 Å². The number of hydrogen-bond acceptors (Lipinski definition) is 2. The van der Waals surface area contributed by atoms with E-state index in [0.29, 0.717) is 12.1 Å². The van der Waals surface area contributed by atoms with Gasteiger partial charge in [0.05, 0.1) is 6.54 Å². The lowest BCUT2D eigenvalue weighted by molar-refractivity contribution is 0.0313. The van der Waals surface area contributed by atoms with Gasteiger partial charge in [-0.25, -0.2) is 0 Å². The first-order chi connectivity index (χ1) is 9.55. The van der Waals surface area contributed by atoms with Crippen molar-refractivity contribution in [2.75, 3.05) is 6.54 Å². The third-order valence-electron chi connectivity index (χ3n) is 3.35. The maximum absolute atomic E-state index is 11.9. The number of aliphatic hydroxyl groups is 1. The Hall–Kier alpha value is -1.59. The molecule has 0 fully saturated rings. The van der Waals surface area contributed by atoms with Crippen LogP contribution in [0.4, 0.5) is 0 Å². The number of carbonyl (C=O) groups excluding carboxylic acids is 1. The number of aromatic nitrogens is 1. The van der Waals surface area contributed by atoms with Gasteiger partial charge >= 0.3 is 0 Å². The molecule has 0 aliphatic rings. The van der Waals surface area contributed by atoms with E-state index in [-0.39, 0.29) is 12.5 Å². The summed E-state index contributed by atoms with van der Waals surface area (Å²) in [4.78, 5) is 14.7. The molecular formula is C15H17BrN2O2. The second kappa shape index (κ2) is 6.24. The molecule has 0 aliphatic carbocycles. The zero-order chi connectivity index (χ0) is 14.6. The normalized spacial score (nSPS) is 13.8. The SMILES string of the molecule is CC[C@](O)(CNC(=O)c1ccc[nH]1)c1ccc(Br)cc1. The van der Waals surface area contributed by atoms with E-state index in [1.165, 1.54) is 0 Å². The molecule has 2 aromatic rings. The van der Waals surface area contributed by atoms with Crippen molar-refractivity contribution < 1.29 is 9.90 Å². The van der Waals surface area contributed by atoms with Crippen molar-refractivity contribution in [3.05, 3.63) is 58.3 Å². The number of carbonyl (C=O) groups is 1. The van der Waals surface area contributed by atoms with E-state index in [0.717, 1.165) is 10.0 Å². The lowest BCUT2D eigenvalue weighted by Crippen LogP contribution is -2.40. The van der Waals surface area contributed by atoms with Crippen LogP contribution in [0.1, 0.15) is 29.4 Å². The first-order valence-electron chi connectivity index (χ1n) is 6.45. The Morgan fingerprint density at radius 2 is 2.05 bits per heavy atom. The van der Waals surface area contributed by atoms with Gasteiger partial charge in [-0.05, 0) is 36.2 Å². The first kappa shape index (κ1) is 14.8. The number of nitrogens with one attached hydrogen (secondary N) is 2. The second-order valence-electron chi connectivity index (χ2n) is 4.66. The molecule has 106 valence electrons. The molecule has 4 nitrogen and oxygen atoms in total. The topological polar surface area (TPSA) is 65.1 Å². The van der Waals surface area contributed by atoms with E-state index in [9.17, 15) is 9.90 Å². The van der Waals surface area contributed by atoms with Crippen LogP contribution < -0.4 is 5.32 Å². The van der Waals surface area contributed by atoms with Crippen LogP contribution >= 0.6 is 15.9 Å². The zero-order valence-electron chi connectivity index (χ0n) is 11.2. The summed E-state index contributed by atoms with van der Waals surface area (Å²) < 4.78 is 0.954. The van der Waals surface area contributed by atoms with Crippen molar-refractivity contribution in [1.29, 1.82) is 0 Å². The van der Waals surface area contributed by atoms with Gasteiger partial charge in [-0.2, -0.15) is 0 Å². The van der Waals surface area contributed by atoms with Crippen LogP contribution in [0, 0.1) is 0 Å². The Morgan fingerprint density at radius 1 is 1.35 bits per heavy atom. The maximum atomic E-state index is 11.9. The van der Waals surface area contributed by atoms with Crippen molar-refractivity contribution in [2.45, 2.75) is 18.9 Å². The molecule has 5 heteroatoms. The van der Waals surface area contributed by atoms with Gasteiger partial charge in [-0.15, -0.1) is 0 Å². The predicted molar refractivity (Wildman–Crippen MR) is 81.5 cm³/mol. The molecule has 1 aromatic heterocycles. The molecule has 20 heavy (non-hydrogen) atoms. The quantitative estimate of drug-likeness (QED) is 0.786. The van der Waals surface area contributed by atoms with Crippen LogP contribution in [-0.2, 0) is 5.60 Å². The van der Waals surface area contributed by atoms with Crippen molar-refractivity contribution in [3.8, 4) is 0 Å². The van der Waals surface area contributed by atoms with Crippen LogP contribution in [0.25, 0.3) is 0 Å². The summed E-state index contributed by atoms with van der Waals surface area (Å²) in [6.07, 6.45) is 2.20. The van der Waals surface area contributed by atoms with Gasteiger partial charge in [0.15, 0.2) is 0 Å². The molecule has 2 rings (SSSR count). The Bertz CT molecular complexity index is 566. The van der Waals surface area contributed by atoms with Crippen molar-refractivity contribution >= 4 is 21.8 Å². The van der Waals surface area contributed by atoms with E-state index in [1.54, 1.807) is 18.3 Å². The third kappa shape index (κ3) is 3.29. The molecule has 0 unspecified atom stereocenters. The minimum atomic E-state index is -1.07. The number of aromatic amines is 1. The van der Waals surface area contributed by atoms with Gasteiger partial charge in [-0.1, -0.05) is 35.0 Å². The fourth-order valence-corrected chi connectivity index (χ4v) is 2.25. The lowest BCUT2D eigenvalue weighted by Gasteiger charge is -2.27. The Labute approximate surface area is 126 Å². The minimum absolute atomic E-state index is 0.170. The summed E-state index contributed by atoms with van der Waals surface area (Å²) in [6.45, 7) is 2.06. The van der Waals surface area contributed by atoms with Crippen LogP contribution in [-0.4, -0.2) is 22.5 Å². The summed E-state index contributed by atoms with van der Waals surface area (Å²) in [7, 11) is 0. The number of hydrogen-bond donors (Lipinski definition) is 3. The molecule has 1 aromatic carbocycles. The van der Waals surface area contributed by atoms with Crippen molar-refractivity contribution in [2.24, 2.45) is 0 Å². The zero-order valence-corrected chi connectivity index (χ0v) is 12.8. The van der Waals surface area contributed by atoms with Crippen LogP contribution in [0.3, 0.4) is 0 Å². The third-order valence-corrected chi connectivity index (χ3v) is 3.88. The van der Waals surface area contributed by atoms with E-state index in [1.807, 2.05) is 31.2 Å². The number of H-pyrrole nitrogens is 1. The van der Waals surface area contributed by atoms with Gasteiger partial charge in [0.2, 0.25) is 0 Å². The number of amides is 1. The van der Waals surface area contributed by atoms with Gasteiger partial charge in [-0.3, -0.25) is 4.79 Å². The molecule has 0 radical (unpaired) electrons. The van der Waals surface area contributed by atoms with E-state index in [4.69, 9.17) is 0 Å². The highest BCUT2D eigenvalue weighted by Crippen LogP contribution is 2.25. The summed E-state index contributed by atoms with van der Waals surface area (Å²) in [5.41, 5.74) is 0.206. The monoisotopic (exact) mass is 336 g/mol. The summed E-state index contributed by atoms with van der Waals surface area (Å²) >= 11 is 3.37. The number of rotatable bonds is 5. The Kier molecular flexibility index (Phi) is 4.62. The van der Waals surface area contributed by atoms with E-state index >= 15 is 0 Å². The predicted octanol–water partition coefficient (Wildman–Crippen LogP) is 2.80. The van der Waals surface area contributed by atoms with Crippen molar-refractivity contribution in [1.82, 2.24) is 10.3 Å². The molecule has 0 aliphatic heterocycles. The lowest BCUT2D eigenvalue weighted by atomic mass is 9.91. The average Bonchev–Trinajstić information content (AvgIpc) is 2.99. The van der Waals surface area contributed by atoms with Crippen molar-refractivity contribution in [3.63, 3.8) is 0 Å².